The monoisotopic (exact) mass is 332 g/mol. The molecule has 0 aliphatic carbocycles. The van der Waals surface area contributed by atoms with Crippen molar-refractivity contribution in [1.82, 2.24) is 5.32 Å². The molecule has 0 saturated heterocycles. The molecule has 0 unspecified atom stereocenters. The van der Waals surface area contributed by atoms with Crippen LogP contribution in [0.5, 0.6) is 0 Å². The van der Waals surface area contributed by atoms with Gasteiger partial charge in [0.2, 0.25) is 0 Å². The molecule has 0 amide bonds. The Balaban J connectivity index is 1.92. The quantitative estimate of drug-likeness (QED) is 0.874. The van der Waals surface area contributed by atoms with Crippen molar-refractivity contribution in [1.29, 1.82) is 0 Å². The van der Waals surface area contributed by atoms with Gasteiger partial charge in [0.05, 0.1) is 0 Å². The van der Waals surface area contributed by atoms with Crippen molar-refractivity contribution in [2.24, 2.45) is 0 Å². The fourth-order valence-corrected chi connectivity index (χ4v) is 2.32. The molecule has 0 aromatic heterocycles. The summed E-state index contributed by atoms with van der Waals surface area (Å²) in [5, 5.41) is 3.55. The summed E-state index contributed by atoms with van der Waals surface area (Å²) in [4.78, 5) is 2.11. The number of hydrogen-bond acceptors (Lipinski definition) is 2. The maximum absolute atomic E-state index is 3.55. The molecule has 0 bridgehead atoms. The Hall–Kier alpha value is -1.32. The van der Waals surface area contributed by atoms with Gasteiger partial charge in [0.1, 0.15) is 0 Å². The van der Waals surface area contributed by atoms with Crippen molar-refractivity contribution in [2.45, 2.75) is 19.5 Å². The van der Waals surface area contributed by atoms with Gasteiger partial charge in [-0.2, -0.15) is 0 Å². The summed E-state index contributed by atoms with van der Waals surface area (Å²) in [6.45, 7) is 3.07. The molecule has 0 fully saturated rings. The number of nitrogens with one attached hydrogen (secondary N) is 1. The van der Waals surface area contributed by atoms with E-state index in [9.17, 15) is 0 Å². The number of hydrogen-bond donors (Lipinski definition) is 1. The molecule has 3 heteroatoms. The summed E-state index contributed by atoms with van der Waals surface area (Å²) in [7, 11) is 4.12. The van der Waals surface area contributed by atoms with E-state index in [0.717, 1.165) is 11.0 Å². The Kier molecular flexibility index (Phi) is 5.21. The Morgan fingerprint density at radius 1 is 1.00 bits per heavy atom. The Morgan fingerprint density at radius 3 is 2.15 bits per heavy atom. The fraction of sp³-hybridized carbons (Fsp3) is 0.294. The van der Waals surface area contributed by atoms with E-state index >= 15 is 0 Å². The normalized spacial score (nSPS) is 12.2. The van der Waals surface area contributed by atoms with Crippen LogP contribution >= 0.6 is 15.9 Å². The maximum Gasteiger partial charge on any atom is 0.0361 e. The van der Waals surface area contributed by atoms with Crippen molar-refractivity contribution >= 4 is 21.6 Å². The smallest absolute Gasteiger partial charge is 0.0361 e. The fourth-order valence-electron chi connectivity index (χ4n) is 2.05. The second-order valence-corrected chi connectivity index (χ2v) is 6.13. The lowest BCUT2D eigenvalue weighted by Gasteiger charge is -2.16. The predicted octanol–water partition coefficient (Wildman–Crippen LogP) is 4.37. The van der Waals surface area contributed by atoms with Crippen LogP contribution < -0.4 is 10.2 Å². The third kappa shape index (κ3) is 4.09. The highest BCUT2D eigenvalue weighted by atomic mass is 79.9. The van der Waals surface area contributed by atoms with E-state index in [2.05, 4.69) is 95.7 Å². The van der Waals surface area contributed by atoms with Gasteiger partial charge < -0.3 is 10.2 Å². The van der Waals surface area contributed by atoms with Crippen LogP contribution in [0.25, 0.3) is 0 Å². The zero-order valence-electron chi connectivity index (χ0n) is 12.2. The maximum atomic E-state index is 3.55. The van der Waals surface area contributed by atoms with Crippen molar-refractivity contribution < 1.29 is 0 Å². The van der Waals surface area contributed by atoms with Crippen LogP contribution in [-0.4, -0.2) is 14.1 Å². The van der Waals surface area contributed by atoms with E-state index in [1.54, 1.807) is 0 Å². The summed E-state index contributed by atoms with van der Waals surface area (Å²) in [6, 6.07) is 17.5. The molecule has 2 aromatic rings. The van der Waals surface area contributed by atoms with Crippen LogP contribution in [0, 0.1) is 0 Å². The number of halogens is 1. The van der Waals surface area contributed by atoms with Crippen molar-refractivity contribution in [2.75, 3.05) is 19.0 Å². The predicted molar refractivity (Wildman–Crippen MR) is 90.2 cm³/mol. The second-order valence-electron chi connectivity index (χ2n) is 5.22. The standard InChI is InChI=1S/C17H21BrN2/c1-13(15-6-8-16(18)9-7-15)19-12-14-4-10-17(11-5-14)20(2)3/h4-11,13,19H,12H2,1-3H3/t13-/m0/s1. The van der Waals surface area contributed by atoms with E-state index < -0.39 is 0 Å². The van der Waals surface area contributed by atoms with Gasteiger partial charge in [0, 0.05) is 36.8 Å². The zero-order valence-corrected chi connectivity index (χ0v) is 13.8. The lowest BCUT2D eigenvalue weighted by molar-refractivity contribution is 0.574. The lowest BCUT2D eigenvalue weighted by atomic mass is 10.1. The molecule has 20 heavy (non-hydrogen) atoms. The first-order valence-electron chi connectivity index (χ1n) is 6.81. The lowest BCUT2D eigenvalue weighted by Crippen LogP contribution is -2.18. The number of benzene rings is 2. The topological polar surface area (TPSA) is 15.3 Å². The molecule has 2 nitrogen and oxygen atoms in total. The van der Waals surface area contributed by atoms with Gasteiger partial charge in [0.15, 0.2) is 0 Å². The number of nitrogens with zero attached hydrogens (tertiary/aromatic N) is 1. The average molecular weight is 333 g/mol. The Bertz CT molecular complexity index is 532. The minimum atomic E-state index is 0.344. The molecule has 0 aliphatic rings. The third-order valence-electron chi connectivity index (χ3n) is 3.44. The number of rotatable bonds is 5. The molecule has 0 aliphatic heterocycles. The molecule has 0 radical (unpaired) electrons. The molecule has 1 N–H and O–H groups in total. The minimum absolute atomic E-state index is 0.344. The van der Waals surface area contributed by atoms with Crippen LogP contribution in [0.15, 0.2) is 53.0 Å². The van der Waals surface area contributed by atoms with Gasteiger partial charge >= 0.3 is 0 Å². The van der Waals surface area contributed by atoms with Gasteiger partial charge in [-0.25, -0.2) is 0 Å². The van der Waals surface area contributed by atoms with Gasteiger partial charge in [-0.05, 0) is 42.3 Å². The van der Waals surface area contributed by atoms with Crippen LogP contribution in [0.3, 0.4) is 0 Å². The molecule has 2 aromatic carbocycles. The SMILES string of the molecule is C[C@H](NCc1ccc(N(C)C)cc1)c1ccc(Br)cc1. The van der Waals surface area contributed by atoms with Gasteiger partial charge in [-0.1, -0.05) is 40.2 Å². The highest BCUT2D eigenvalue weighted by Gasteiger charge is 2.04. The largest absolute Gasteiger partial charge is 0.378 e. The summed E-state index contributed by atoms with van der Waals surface area (Å²) < 4.78 is 1.12. The average Bonchev–Trinajstić information content (AvgIpc) is 2.46. The molecule has 1 atom stereocenters. The van der Waals surface area contributed by atoms with Crippen molar-refractivity contribution in [3.05, 3.63) is 64.1 Å². The van der Waals surface area contributed by atoms with Crippen LogP contribution in [-0.2, 0) is 6.54 Å². The molecule has 0 saturated carbocycles. The number of anilines is 1. The van der Waals surface area contributed by atoms with Crippen molar-refractivity contribution in [3.8, 4) is 0 Å². The first-order valence-corrected chi connectivity index (χ1v) is 7.60. The first-order chi connectivity index (χ1) is 9.56. The Labute approximate surface area is 129 Å². The van der Waals surface area contributed by atoms with Gasteiger partial charge in [-0.15, -0.1) is 0 Å². The van der Waals surface area contributed by atoms with E-state index in [-0.39, 0.29) is 0 Å². The Morgan fingerprint density at radius 2 is 1.60 bits per heavy atom. The zero-order chi connectivity index (χ0) is 14.5. The van der Waals surface area contributed by atoms with Crippen molar-refractivity contribution in [3.63, 3.8) is 0 Å². The van der Waals surface area contributed by atoms with Gasteiger partial charge in [0.25, 0.3) is 0 Å². The van der Waals surface area contributed by atoms with E-state index in [1.807, 2.05) is 0 Å². The highest BCUT2D eigenvalue weighted by molar-refractivity contribution is 9.10. The minimum Gasteiger partial charge on any atom is -0.378 e. The van der Waals surface area contributed by atoms with Crippen LogP contribution in [0.1, 0.15) is 24.1 Å². The van der Waals surface area contributed by atoms with E-state index in [0.29, 0.717) is 6.04 Å². The summed E-state index contributed by atoms with van der Waals surface area (Å²) in [5.74, 6) is 0. The highest BCUT2D eigenvalue weighted by Crippen LogP contribution is 2.17. The van der Waals surface area contributed by atoms with Crippen LogP contribution in [0.2, 0.25) is 0 Å². The molecule has 2 rings (SSSR count). The van der Waals surface area contributed by atoms with Crippen LogP contribution in [0.4, 0.5) is 5.69 Å². The third-order valence-corrected chi connectivity index (χ3v) is 3.96. The summed E-state index contributed by atoms with van der Waals surface area (Å²) in [6.07, 6.45) is 0. The van der Waals surface area contributed by atoms with E-state index in [1.165, 1.54) is 16.8 Å². The summed E-state index contributed by atoms with van der Waals surface area (Å²) in [5.41, 5.74) is 3.84. The molecule has 106 valence electrons. The van der Waals surface area contributed by atoms with E-state index in [4.69, 9.17) is 0 Å². The molecular formula is C17H21BrN2. The summed E-state index contributed by atoms with van der Waals surface area (Å²) >= 11 is 3.46. The second kappa shape index (κ2) is 6.91. The first kappa shape index (κ1) is 15.1. The van der Waals surface area contributed by atoms with Gasteiger partial charge in [-0.3, -0.25) is 0 Å². The molecule has 0 heterocycles. The molecular weight excluding hydrogens is 312 g/mol. The molecule has 0 spiro atoms.